The molecule has 3 amide bonds. The van der Waals surface area contributed by atoms with E-state index in [4.69, 9.17) is 5.11 Å². The molecule has 0 aromatic heterocycles. The molecule has 0 unspecified atom stereocenters. The van der Waals surface area contributed by atoms with E-state index in [0.717, 1.165) is 6.42 Å². The van der Waals surface area contributed by atoms with E-state index in [2.05, 4.69) is 10.6 Å². The summed E-state index contributed by atoms with van der Waals surface area (Å²) in [6, 6.07) is -0.493. The van der Waals surface area contributed by atoms with Crippen LogP contribution in [0.1, 0.15) is 32.6 Å². The Morgan fingerprint density at radius 2 is 1.95 bits per heavy atom. The lowest BCUT2D eigenvalue weighted by Gasteiger charge is -2.39. The van der Waals surface area contributed by atoms with Gasteiger partial charge in [-0.3, -0.25) is 4.79 Å². The summed E-state index contributed by atoms with van der Waals surface area (Å²) < 4.78 is 0. The van der Waals surface area contributed by atoms with Crippen molar-refractivity contribution in [2.75, 3.05) is 20.1 Å². The van der Waals surface area contributed by atoms with E-state index in [1.165, 1.54) is 11.9 Å². The first-order valence-corrected chi connectivity index (χ1v) is 6.46. The predicted octanol–water partition coefficient (Wildman–Crippen LogP) is 0.161. The van der Waals surface area contributed by atoms with Gasteiger partial charge in [0, 0.05) is 13.6 Å². The average molecular weight is 271 g/mol. The van der Waals surface area contributed by atoms with E-state index in [-0.39, 0.29) is 12.5 Å². The molecule has 1 aliphatic carbocycles. The Morgan fingerprint density at radius 1 is 1.32 bits per heavy atom. The molecule has 0 heterocycles. The van der Waals surface area contributed by atoms with E-state index in [1.54, 1.807) is 0 Å². The Bertz CT molecular complexity index is 366. The smallest absolute Gasteiger partial charge is 0.329 e. The van der Waals surface area contributed by atoms with E-state index < -0.39 is 17.5 Å². The van der Waals surface area contributed by atoms with Gasteiger partial charge in [-0.25, -0.2) is 9.59 Å². The first kappa shape index (κ1) is 15.3. The standard InChI is InChI=1S/C12H21N3O4/c1-3-7-15(8-9(16)13-2)11(19)14-12(10(17)18)5-4-6-12/h3-8H2,1-2H3,(H,13,16)(H,14,19)(H,17,18). The van der Waals surface area contributed by atoms with Crippen molar-refractivity contribution < 1.29 is 19.5 Å². The Kier molecular flexibility index (Phi) is 5.14. The van der Waals surface area contributed by atoms with Crippen molar-refractivity contribution in [1.29, 1.82) is 0 Å². The molecule has 0 aromatic carbocycles. The number of nitrogens with one attached hydrogen (secondary N) is 2. The van der Waals surface area contributed by atoms with Gasteiger partial charge in [-0.15, -0.1) is 0 Å². The number of carbonyl (C=O) groups is 3. The minimum Gasteiger partial charge on any atom is -0.480 e. The van der Waals surface area contributed by atoms with Gasteiger partial charge in [0.25, 0.3) is 0 Å². The zero-order chi connectivity index (χ0) is 14.5. The van der Waals surface area contributed by atoms with Crippen LogP contribution in [0.25, 0.3) is 0 Å². The van der Waals surface area contributed by atoms with Gasteiger partial charge in [-0.2, -0.15) is 0 Å². The number of carbonyl (C=O) groups excluding carboxylic acids is 2. The fourth-order valence-corrected chi connectivity index (χ4v) is 1.98. The maximum Gasteiger partial charge on any atom is 0.329 e. The second-order valence-corrected chi connectivity index (χ2v) is 4.77. The summed E-state index contributed by atoms with van der Waals surface area (Å²) in [4.78, 5) is 35.9. The Balaban J connectivity index is 2.66. The van der Waals surface area contributed by atoms with Gasteiger partial charge in [0.1, 0.15) is 12.1 Å². The number of rotatable bonds is 6. The zero-order valence-corrected chi connectivity index (χ0v) is 11.4. The highest BCUT2D eigenvalue weighted by Crippen LogP contribution is 2.32. The van der Waals surface area contributed by atoms with Gasteiger partial charge in [0.2, 0.25) is 5.91 Å². The minimum atomic E-state index is -1.15. The van der Waals surface area contributed by atoms with Crippen molar-refractivity contribution in [2.24, 2.45) is 0 Å². The largest absolute Gasteiger partial charge is 0.480 e. The first-order chi connectivity index (χ1) is 8.95. The quantitative estimate of drug-likeness (QED) is 0.641. The van der Waals surface area contributed by atoms with Gasteiger partial charge >= 0.3 is 12.0 Å². The lowest BCUT2D eigenvalue weighted by atomic mass is 9.77. The van der Waals surface area contributed by atoms with Crippen LogP contribution in [-0.2, 0) is 9.59 Å². The Morgan fingerprint density at radius 3 is 2.32 bits per heavy atom. The molecule has 19 heavy (non-hydrogen) atoms. The number of aliphatic carboxylic acids is 1. The van der Waals surface area contributed by atoms with E-state index in [0.29, 0.717) is 25.8 Å². The van der Waals surface area contributed by atoms with Crippen LogP contribution in [0.2, 0.25) is 0 Å². The van der Waals surface area contributed by atoms with Gasteiger partial charge in [-0.1, -0.05) is 6.92 Å². The van der Waals surface area contributed by atoms with Crippen LogP contribution in [0.15, 0.2) is 0 Å². The van der Waals surface area contributed by atoms with Crippen molar-refractivity contribution >= 4 is 17.9 Å². The molecule has 0 aromatic rings. The molecule has 1 rings (SSSR count). The van der Waals surface area contributed by atoms with Crippen LogP contribution >= 0.6 is 0 Å². The number of amides is 3. The topological polar surface area (TPSA) is 98.7 Å². The molecule has 1 saturated carbocycles. The van der Waals surface area contributed by atoms with Crippen molar-refractivity contribution in [3.05, 3.63) is 0 Å². The number of likely N-dealkylation sites (N-methyl/N-ethyl adjacent to an activating group) is 1. The van der Waals surface area contributed by atoms with Gasteiger partial charge < -0.3 is 20.6 Å². The SMILES string of the molecule is CCCN(CC(=O)NC)C(=O)NC1(C(=O)O)CCC1. The number of urea groups is 1. The highest BCUT2D eigenvalue weighted by Gasteiger charge is 2.46. The number of hydrogen-bond donors (Lipinski definition) is 3. The second kappa shape index (κ2) is 6.40. The summed E-state index contributed by atoms with van der Waals surface area (Å²) >= 11 is 0. The van der Waals surface area contributed by atoms with Gasteiger partial charge in [0.15, 0.2) is 0 Å². The molecule has 0 aliphatic heterocycles. The predicted molar refractivity (Wildman–Crippen MR) is 68.7 cm³/mol. The van der Waals surface area contributed by atoms with Crippen LogP contribution in [0.3, 0.4) is 0 Å². The fourth-order valence-electron chi connectivity index (χ4n) is 1.98. The summed E-state index contributed by atoms with van der Waals surface area (Å²) in [5, 5.41) is 14.2. The first-order valence-electron chi connectivity index (χ1n) is 6.46. The molecule has 1 aliphatic rings. The van der Waals surface area contributed by atoms with Crippen LogP contribution < -0.4 is 10.6 Å². The Hall–Kier alpha value is -1.79. The molecule has 3 N–H and O–H groups in total. The molecule has 0 atom stereocenters. The maximum atomic E-state index is 12.1. The number of hydrogen-bond acceptors (Lipinski definition) is 3. The van der Waals surface area contributed by atoms with Gasteiger partial charge in [0.05, 0.1) is 0 Å². The molecule has 1 fully saturated rings. The van der Waals surface area contributed by atoms with E-state index >= 15 is 0 Å². The molecule has 0 saturated heterocycles. The average Bonchev–Trinajstić information content (AvgIpc) is 2.32. The lowest BCUT2D eigenvalue weighted by molar-refractivity contribution is -0.148. The van der Waals surface area contributed by atoms with Crippen LogP contribution in [0.5, 0.6) is 0 Å². The number of carboxylic acids is 1. The Labute approximate surface area is 112 Å². The maximum absolute atomic E-state index is 12.1. The number of carboxylic acid groups (broad SMARTS) is 1. The molecule has 0 spiro atoms. The monoisotopic (exact) mass is 271 g/mol. The highest BCUT2D eigenvalue weighted by molar-refractivity contribution is 5.89. The third-order valence-corrected chi connectivity index (χ3v) is 3.36. The molecule has 108 valence electrons. The summed E-state index contributed by atoms with van der Waals surface area (Å²) in [6.07, 6.45) is 2.36. The van der Waals surface area contributed by atoms with Crippen LogP contribution in [0.4, 0.5) is 4.79 Å². The summed E-state index contributed by atoms with van der Waals surface area (Å²) in [5.74, 6) is -1.29. The molecule has 0 bridgehead atoms. The third kappa shape index (κ3) is 3.59. The molecule has 7 heteroatoms. The molecule has 0 radical (unpaired) electrons. The van der Waals surface area contributed by atoms with Crippen molar-refractivity contribution in [1.82, 2.24) is 15.5 Å². The van der Waals surface area contributed by atoms with Crippen molar-refractivity contribution in [3.8, 4) is 0 Å². The number of nitrogens with zero attached hydrogens (tertiary/aromatic N) is 1. The third-order valence-electron chi connectivity index (χ3n) is 3.36. The van der Waals surface area contributed by atoms with E-state index in [1.807, 2.05) is 6.92 Å². The molecular formula is C12H21N3O4. The summed E-state index contributed by atoms with van der Waals surface area (Å²) in [5.41, 5.74) is -1.15. The fraction of sp³-hybridized carbons (Fsp3) is 0.750. The highest BCUT2D eigenvalue weighted by atomic mass is 16.4. The van der Waals surface area contributed by atoms with Crippen molar-refractivity contribution in [3.63, 3.8) is 0 Å². The molecular weight excluding hydrogens is 250 g/mol. The van der Waals surface area contributed by atoms with E-state index in [9.17, 15) is 14.4 Å². The zero-order valence-electron chi connectivity index (χ0n) is 11.4. The summed E-state index contributed by atoms with van der Waals surface area (Å²) in [7, 11) is 1.50. The normalized spacial score (nSPS) is 16.1. The minimum absolute atomic E-state index is 0.0636. The van der Waals surface area contributed by atoms with Crippen LogP contribution in [-0.4, -0.2) is 53.6 Å². The van der Waals surface area contributed by atoms with Crippen LogP contribution in [0, 0.1) is 0 Å². The summed E-state index contributed by atoms with van der Waals surface area (Å²) in [6.45, 7) is 2.24. The second-order valence-electron chi connectivity index (χ2n) is 4.77. The lowest BCUT2D eigenvalue weighted by Crippen LogP contribution is -2.62. The molecule has 7 nitrogen and oxygen atoms in total. The van der Waals surface area contributed by atoms with Crippen molar-refractivity contribution in [2.45, 2.75) is 38.1 Å². The van der Waals surface area contributed by atoms with Gasteiger partial charge in [-0.05, 0) is 25.7 Å².